The van der Waals surface area contributed by atoms with Gasteiger partial charge < -0.3 is 19.5 Å². The van der Waals surface area contributed by atoms with Gasteiger partial charge in [-0.25, -0.2) is 0 Å². The lowest BCUT2D eigenvalue weighted by Crippen LogP contribution is -2.39. The maximum atomic E-state index is 5.48. The first-order valence-electron chi connectivity index (χ1n) is 8.68. The van der Waals surface area contributed by atoms with E-state index in [2.05, 4.69) is 49.0 Å². The molecule has 2 aromatic rings. The molecule has 0 unspecified atom stereocenters. The molecule has 0 atom stereocenters. The van der Waals surface area contributed by atoms with Crippen molar-refractivity contribution in [1.82, 2.24) is 25.0 Å². The van der Waals surface area contributed by atoms with Gasteiger partial charge in [-0.1, -0.05) is 19.1 Å². The van der Waals surface area contributed by atoms with Crippen LogP contribution in [0.25, 0.3) is 0 Å². The molecule has 144 valence electrons. The highest BCUT2D eigenvalue weighted by Crippen LogP contribution is 2.13. The average molecular weight is 472 g/mol. The van der Waals surface area contributed by atoms with Crippen LogP contribution in [0.3, 0.4) is 0 Å². The third-order valence-corrected chi connectivity index (χ3v) is 3.88. The molecule has 0 radical (unpaired) electrons. The smallest absolute Gasteiger partial charge is 0.193 e. The van der Waals surface area contributed by atoms with Crippen molar-refractivity contribution in [3.63, 3.8) is 0 Å². The van der Waals surface area contributed by atoms with E-state index in [1.807, 2.05) is 26.1 Å². The van der Waals surface area contributed by atoms with Crippen LogP contribution in [0.5, 0.6) is 5.75 Å². The molecule has 7 nitrogen and oxygen atoms in total. The fraction of sp³-hybridized carbons (Fsp3) is 0.500. The van der Waals surface area contributed by atoms with Gasteiger partial charge in [-0.05, 0) is 24.6 Å². The number of benzene rings is 1. The van der Waals surface area contributed by atoms with Gasteiger partial charge >= 0.3 is 0 Å². The number of hydrogen-bond donors (Lipinski definition) is 1. The number of guanidine groups is 1. The van der Waals surface area contributed by atoms with Gasteiger partial charge in [0, 0.05) is 40.2 Å². The molecular formula is C18H29IN6O. The molecule has 1 aromatic carbocycles. The first-order chi connectivity index (χ1) is 12.2. The molecule has 0 fully saturated rings. The van der Waals surface area contributed by atoms with E-state index in [1.165, 1.54) is 5.56 Å². The Bertz CT molecular complexity index is 671. The lowest BCUT2D eigenvalue weighted by atomic mass is 10.2. The highest BCUT2D eigenvalue weighted by Gasteiger charge is 2.07. The van der Waals surface area contributed by atoms with Gasteiger partial charge in [-0.2, -0.15) is 0 Å². The van der Waals surface area contributed by atoms with Gasteiger partial charge in [0.25, 0.3) is 0 Å². The van der Waals surface area contributed by atoms with Crippen molar-refractivity contribution in [1.29, 1.82) is 0 Å². The quantitative estimate of drug-likeness (QED) is 0.364. The van der Waals surface area contributed by atoms with E-state index in [0.717, 1.165) is 43.6 Å². The summed E-state index contributed by atoms with van der Waals surface area (Å²) < 4.78 is 7.54. The van der Waals surface area contributed by atoms with Crippen molar-refractivity contribution >= 4 is 29.9 Å². The SMILES string of the molecule is CCOc1ccc(CN(C)C(=NC)NCCn2cnnc2CC)cc1.I. The molecule has 0 amide bonds. The zero-order chi connectivity index (χ0) is 18.1. The Kier molecular flexibility index (Phi) is 10.0. The highest BCUT2D eigenvalue weighted by atomic mass is 127. The second kappa shape index (κ2) is 11.7. The van der Waals surface area contributed by atoms with Crippen molar-refractivity contribution in [2.24, 2.45) is 4.99 Å². The summed E-state index contributed by atoms with van der Waals surface area (Å²) in [5, 5.41) is 11.4. The predicted octanol–water partition coefficient (Wildman–Crippen LogP) is 2.56. The summed E-state index contributed by atoms with van der Waals surface area (Å²) in [7, 11) is 3.83. The lowest BCUT2D eigenvalue weighted by molar-refractivity contribution is 0.340. The van der Waals surface area contributed by atoms with Gasteiger partial charge in [0.15, 0.2) is 5.96 Å². The van der Waals surface area contributed by atoms with E-state index in [4.69, 9.17) is 4.74 Å². The third-order valence-electron chi connectivity index (χ3n) is 3.88. The van der Waals surface area contributed by atoms with Gasteiger partial charge in [-0.15, -0.1) is 34.2 Å². The number of hydrogen-bond acceptors (Lipinski definition) is 4. The van der Waals surface area contributed by atoms with Crippen LogP contribution >= 0.6 is 24.0 Å². The summed E-state index contributed by atoms with van der Waals surface area (Å²) in [5.41, 5.74) is 1.21. The van der Waals surface area contributed by atoms with Crippen LogP contribution in [0.4, 0.5) is 0 Å². The van der Waals surface area contributed by atoms with Crippen LogP contribution in [-0.4, -0.2) is 52.9 Å². The Labute approximate surface area is 172 Å². The minimum absolute atomic E-state index is 0. The largest absolute Gasteiger partial charge is 0.494 e. The predicted molar refractivity (Wildman–Crippen MR) is 115 cm³/mol. The maximum Gasteiger partial charge on any atom is 0.193 e. The van der Waals surface area contributed by atoms with Gasteiger partial charge in [0.2, 0.25) is 0 Å². The van der Waals surface area contributed by atoms with E-state index >= 15 is 0 Å². The van der Waals surface area contributed by atoms with Gasteiger partial charge in [-0.3, -0.25) is 4.99 Å². The fourth-order valence-electron chi connectivity index (χ4n) is 2.62. The van der Waals surface area contributed by atoms with E-state index in [0.29, 0.717) is 6.61 Å². The molecule has 0 bridgehead atoms. The monoisotopic (exact) mass is 472 g/mol. The summed E-state index contributed by atoms with van der Waals surface area (Å²) in [6, 6.07) is 8.17. The number of halogens is 1. The minimum Gasteiger partial charge on any atom is -0.494 e. The summed E-state index contributed by atoms with van der Waals surface area (Å²) in [5.74, 6) is 2.76. The number of aromatic nitrogens is 3. The van der Waals surface area contributed by atoms with Gasteiger partial charge in [0.1, 0.15) is 17.9 Å². The van der Waals surface area contributed by atoms with Gasteiger partial charge in [0.05, 0.1) is 6.61 Å². The topological polar surface area (TPSA) is 67.6 Å². The van der Waals surface area contributed by atoms with Crippen molar-refractivity contribution in [2.75, 3.05) is 27.2 Å². The molecule has 26 heavy (non-hydrogen) atoms. The van der Waals surface area contributed by atoms with Crippen molar-refractivity contribution in [3.05, 3.63) is 42.0 Å². The summed E-state index contributed by atoms with van der Waals surface area (Å²) in [4.78, 5) is 6.46. The molecule has 1 N–H and O–H groups in total. The van der Waals surface area contributed by atoms with Crippen LogP contribution in [0.1, 0.15) is 25.2 Å². The number of nitrogens with one attached hydrogen (secondary N) is 1. The summed E-state index contributed by atoms with van der Waals surface area (Å²) in [6.07, 6.45) is 2.65. The average Bonchev–Trinajstić information content (AvgIpc) is 3.08. The lowest BCUT2D eigenvalue weighted by Gasteiger charge is -2.22. The first-order valence-corrected chi connectivity index (χ1v) is 8.68. The number of aliphatic imine (C=N–C) groups is 1. The molecule has 1 aromatic heterocycles. The van der Waals surface area contributed by atoms with E-state index < -0.39 is 0 Å². The standard InChI is InChI=1S/C18H28N6O.HI/c1-5-17-22-21-14-24(17)12-11-20-18(19-3)23(4)13-15-7-9-16(10-8-15)25-6-2;/h7-10,14H,5-6,11-13H2,1-4H3,(H,19,20);1H. The van der Waals surface area contributed by atoms with E-state index in [9.17, 15) is 0 Å². The molecule has 8 heteroatoms. The molecule has 0 aliphatic heterocycles. The zero-order valence-corrected chi connectivity index (χ0v) is 18.3. The van der Waals surface area contributed by atoms with Crippen LogP contribution in [0.2, 0.25) is 0 Å². The third kappa shape index (κ3) is 6.47. The molecule has 0 saturated carbocycles. The number of aryl methyl sites for hydroxylation is 1. The summed E-state index contributed by atoms with van der Waals surface area (Å²) >= 11 is 0. The van der Waals surface area contributed by atoms with Crippen LogP contribution < -0.4 is 10.1 Å². The molecule has 0 aliphatic rings. The second-order valence-electron chi connectivity index (χ2n) is 5.70. The number of rotatable bonds is 8. The van der Waals surface area contributed by atoms with Crippen LogP contribution in [0.15, 0.2) is 35.6 Å². The Morgan fingerprint density at radius 1 is 1.27 bits per heavy atom. The van der Waals surface area contributed by atoms with Crippen LogP contribution in [0, 0.1) is 0 Å². The van der Waals surface area contributed by atoms with Crippen molar-refractivity contribution < 1.29 is 4.74 Å². The maximum absolute atomic E-state index is 5.48. The normalized spacial score (nSPS) is 11.0. The van der Waals surface area contributed by atoms with E-state index in [1.54, 1.807) is 13.4 Å². The molecule has 0 saturated heterocycles. The number of ether oxygens (including phenoxy) is 1. The Hall–Kier alpha value is -1.84. The Morgan fingerprint density at radius 2 is 2.00 bits per heavy atom. The molecule has 0 spiro atoms. The van der Waals surface area contributed by atoms with Crippen molar-refractivity contribution in [2.45, 2.75) is 33.4 Å². The number of nitrogens with zero attached hydrogens (tertiary/aromatic N) is 5. The Balaban J connectivity index is 0.00000338. The fourth-order valence-corrected chi connectivity index (χ4v) is 2.62. The minimum atomic E-state index is 0. The summed E-state index contributed by atoms with van der Waals surface area (Å²) in [6.45, 7) is 7.11. The molecular weight excluding hydrogens is 443 g/mol. The highest BCUT2D eigenvalue weighted by molar-refractivity contribution is 14.0. The van der Waals surface area contributed by atoms with Crippen molar-refractivity contribution in [3.8, 4) is 5.75 Å². The molecule has 1 heterocycles. The first kappa shape index (κ1) is 22.2. The molecule has 0 aliphatic carbocycles. The van der Waals surface area contributed by atoms with E-state index in [-0.39, 0.29) is 24.0 Å². The second-order valence-corrected chi connectivity index (χ2v) is 5.70. The molecule has 2 rings (SSSR count). The van der Waals surface area contributed by atoms with Crippen LogP contribution in [-0.2, 0) is 19.5 Å². The Morgan fingerprint density at radius 3 is 2.62 bits per heavy atom. The zero-order valence-electron chi connectivity index (χ0n) is 16.0.